The van der Waals surface area contributed by atoms with Gasteiger partial charge in [-0.2, -0.15) is 0 Å². The van der Waals surface area contributed by atoms with Crippen molar-refractivity contribution >= 4 is 28.8 Å². The number of nitro benzene ring substituents is 1. The number of nitro groups is 1. The van der Waals surface area contributed by atoms with E-state index in [4.69, 9.17) is 19.2 Å². The fourth-order valence-electron chi connectivity index (χ4n) is 6.22. The van der Waals surface area contributed by atoms with Crippen LogP contribution in [-0.4, -0.2) is 23.2 Å². The summed E-state index contributed by atoms with van der Waals surface area (Å²) in [5.41, 5.74) is 6.82. The zero-order chi connectivity index (χ0) is 32.5. The quantitative estimate of drug-likeness (QED) is 0.139. The minimum atomic E-state index is -0.431. The van der Waals surface area contributed by atoms with Crippen LogP contribution in [0, 0.1) is 10.1 Å². The molecule has 1 aliphatic heterocycles. The summed E-state index contributed by atoms with van der Waals surface area (Å²) in [6.07, 6.45) is 3.53. The molecule has 2 heterocycles. The van der Waals surface area contributed by atoms with Gasteiger partial charge in [0.05, 0.1) is 34.9 Å². The average molecular weight is 646 g/mol. The van der Waals surface area contributed by atoms with Crippen molar-refractivity contribution < 1.29 is 19.1 Å². The highest BCUT2D eigenvalue weighted by molar-refractivity contribution is 7.07. The van der Waals surface area contributed by atoms with Gasteiger partial charge in [0.25, 0.3) is 11.2 Å². The first-order chi connectivity index (χ1) is 22.9. The van der Waals surface area contributed by atoms with Crippen molar-refractivity contribution in [2.24, 2.45) is 4.99 Å². The number of benzene rings is 4. The van der Waals surface area contributed by atoms with Gasteiger partial charge in [0.2, 0.25) is 0 Å². The molecular formula is C37H31N3O6S. The largest absolute Gasteiger partial charge is 0.496 e. The van der Waals surface area contributed by atoms with E-state index < -0.39 is 4.92 Å². The maximum Gasteiger partial charge on any atom is 0.271 e. The second kappa shape index (κ2) is 12.7. The van der Waals surface area contributed by atoms with E-state index in [9.17, 15) is 14.9 Å². The Hall–Kier alpha value is -5.48. The number of nitrogens with zero attached hydrogens (tertiary/aromatic N) is 3. The van der Waals surface area contributed by atoms with Crippen molar-refractivity contribution in [2.45, 2.75) is 32.4 Å². The Morgan fingerprint density at radius 3 is 2.53 bits per heavy atom. The molecule has 1 atom stereocenters. The first kappa shape index (κ1) is 30.2. The lowest BCUT2D eigenvalue weighted by Crippen LogP contribution is -2.39. The van der Waals surface area contributed by atoms with E-state index in [2.05, 4.69) is 18.2 Å². The SMILES string of the molecule is CCOc1cc(/C=c2/sc3n(c2=O)[C@@H](c2ccccc2OC)C2=C(N=3)c3ccccc3CC2)ccc1OCc1ccc([N+](=O)[O-])cc1. The normalized spacial score (nSPS) is 15.3. The van der Waals surface area contributed by atoms with Gasteiger partial charge in [-0.1, -0.05) is 59.9 Å². The first-order valence-corrected chi connectivity index (χ1v) is 16.2. The molecule has 9 nitrogen and oxygen atoms in total. The zero-order valence-electron chi connectivity index (χ0n) is 25.8. The number of ether oxygens (including phenoxy) is 3. The lowest BCUT2D eigenvalue weighted by Gasteiger charge is -2.31. The number of fused-ring (bicyclic) bond motifs is 3. The molecule has 7 rings (SSSR count). The topological polar surface area (TPSA) is 105 Å². The molecule has 0 radical (unpaired) electrons. The molecule has 4 aromatic carbocycles. The summed E-state index contributed by atoms with van der Waals surface area (Å²) < 4.78 is 20.1. The molecule has 47 heavy (non-hydrogen) atoms. The van der Waals surface area contributed by atoms with E-state index in [1.165, 1.54) is 29.0 Å². The summed E-state index contributed by atoms with van der Waals surface area (Å²) in [6.45, 7) is 2.53. The van der Waals surface area contributed by atoms with Gasteiger partial charge >= 0.3 is 0 Å². The molecule has 0 spiro atoms. The first-order valence-electron chi connectivity index (χ1n) is 15.3. The smallest absolute Gasteiger partial charge is 0.271 e. The fourth-order valence-corrected chi connectivity index (χ4v) is 7.22. The molecule has 0 bridgehead atoms. The highest BCUT2D eigenvalue weighted by atomic mass is 32.1. The number of allylic oxidation sites excluding steroid dienone is 1. The van der Waals surface area contributed by atoms with Gasteiger partial charge in [0, 0.05) is 23.3 Å². The van der Waals surface area contributed by atoms with Crippen LogP contribution in [0.3, 0.4) is 0 Å². The van der Waals surface area contributed by atoms with E-state index in [0.29, 0.717) is 27.4 Å². The third-order valence-electron chi connectivity index (χ3n) is 8.41. The van der Waals surface area contributed by atoms with Crippen LogP contribution in [0.25, 0.3) is 11.8 Å². The van der Waals surface area contributed by atoms with Gasteiger partial charge in [0.15, 0.2) is 16.3 Å². The van der Waals surface area contributed by atoms with Crippen LogP contribution in [0.2, 0.25) is 0 Å². The third kappa shape index (κ3) is 5.72. The van der Waals surface area contributed by atoms with E-state index in [1.54, 1.807) is 19.2 Å². The van der Waals surface area contributed by atoms with Gasteiger partial charge < -0.3 is 14.2 Å². The lowest BCUT2D eigenvalue weighted by atomic mass is 9.83. The minimum Gasteiger partial charge on any atom is -0.496 e. The molecule has 1 aromatic heterocycles. The number of aromatic nitrogens is 1. The summed E-state index contributed by atoms with van der Waals surface area (Å²) in [6, 6.07) is 27.7. The number of hydrogen-bond acceptors (Lipinski definition) is 8. The van der Waals surface area contributed by atoms with Crippen LogP contribution >= 0.6 is 11.3 Å². The third-order valence-corrected chi connectivity index (χ3v) is 9.40. The van der Waals surface area contributed by atoms with Crippen LogP contribution in [0.5, 0.6) is 17.2 Å². The Morgan fingerprint density at radius 1 is 0.957 bits per heavy atom. The number of hydrogen-bond donors (Lipinski definition) is 0. The second-order valence-electron chi connectivity index (χ2n) is 11.2. The van der Waals surface area contributed by atoms with Crippen LogP contribution < -0.4 is 29.1 Å². The molecular weight excluding hydrogens is 614 g/mol. The van der Waals surface area contributed by atoms with E-state index in [-0.39, 0.29) is 23.9 Å². The zero-order valence-corrected chi connectivity index (χ0v) is 26.7. The molecule has 0 amide bonds. The van der Waals surface area contributed by atoms with E-state index >= 15 is 0 Å². The summed E-state index contributed by atoms with van der Waals surface area (Å²) in [5, 5.41) is 11.0. The van der Waals surface area contributed by atoms with Crippen LogP contribution in [-0.2, 0) is 13.0 Å². The number of non-ortho nitro benzene ring substituents is 1. The molecule has 1 aliphatic carbocycles. The highest BCUT2D eigenvalue weighted by Crippen LogP contribution is 2.43. The maximum atomic E-state index is 14.2. The van der Waals surface area contributed by atoms with Crippen LogP contribution in [0.4, 0.5) is 5.69 Å². The Morgan fingerprint density at radius 2 is 1.74 bits per heavy atom. The predicted octanol–water partition coefficient (Wildman–Crippen LogP) is 6.21. The van der Waals surface area contributed by atoms with Crippen molar-refractivity contribution in [1.82, 2.24) is 4.57 Å². The van der Waals surface area contributed by atoms with Crippen molar-refractivity contribution in [3.05, 3.63) is 154 Å². The molecule has 0 N–H and O–H groups in total. The number of thiazole rings is 1. The molecule has 10 heteroatoms. The van der Waals surface area contributed by atoms with Crippen molar-refractivity contribution in [1.29, 1.82) is 0 Å². The number of methoxy groups -OCH3 is 1. The van der Waals surface area contributed by atoms with E-state index in [0.717, 1.165) is 52.1 Å². The molecule has 0 saturated carbocycles. The fraction of sp³-hybridized carbons (Fsp3) is 0.189. The highest BCUT2D eigenvalue weighted by Gasteiger charge is 2.34. The van der Waals surface area contributed by atoms with Crippen molar-refractivity contribution in [3.63, 3.8) is 0 Å². The van der Waals surface area contributed by atoms with Gasteiger partial charge in [-0.25, -0.2) is 4.99 Å². The predicted molar refractivity (Wildman–Crippen MR) is 181 cm³/mol. The summed E-state index contributed by atoms with van der Waals surface area (Å²) in [4.78, 5) is 30.5. The van der Waals surface area contributed by atoms with Gasteiger partial charge in [-0.05, 0) is 78.4 Å². The molecule has 236 valence electrons. The van der Waals surface area contributed by atoms with Gasteiger partial charge in [0.1, 0.15) is 12.4 Å². The lowest BCUT2D eigenvalue weighted by molar-refractivity contribution is -0.384. The number of aryl methyl sites for hydroxylation is 1. The Labute approximate surface area is 274 Å². The maximum absolute atomic E-state index is 14.2. The molecule has 5 aromatic rings. The molecule has 0 unspecified atom stereocenters. The Bertz CT molecular complexity index is 2220. The second-order valence-corrected chi connectivity index (χ2v) is 12.2. The summed E-state index contributed by atoms with van der Waals surface area (Å²) >= 11 is 1.37. The number of para-hydroxylation sites is 1. The standard InChI is InChI=1S/C37H31N3O6S/c1-3-45-32-20-24(14-19-31(32)46-22-23-12-16-26(17-13-23)40(42)43)21-33-36(41)39-35(28-10-6-7-11-30(28)44-2)29-18-15-25-8-4-5-9-27(25)34(29)38-37(39)47-33/h4-14,16-17,19-21,35H,3,15,18,22H2,1-2H3/b33-21+/t35-/m0/s1. The number of rotatable bonds is 9. The van der Waals surface area contributed by atoms with Crippen LogP contribution in [0.1, 0.15) is 47.2 Å². The summed E-state index contributed by atoms with van der Waals surface area (Å²) in [5.74, 6) is 1.80. The molecule has 0 saturated heterocycles. The average Bonchev–Trinajstić information content (AvgIpc) is 3.41. The Balaban J connectivity index is 1.29. The Kier molecular flexibility index (Phi) is 8.17. The van der Waals surface area contributed by atoms with Crippen LogP contribution in [0.15, 0.2) is 106 Å². The van der Waals surface area contributed by atoms with Crippen molar-refractivity contribution in [2.75, 3.05) is 13.7 Å². The van der Waals surface area contributed by atoms with Gasteiger partial charge in [-0.15, -0.1) is 0 Å². The molecule has 0 fully saturated rings. The summed E-state index contributed by atoms with van der Waals surface area (Å²) in [7, 11) is 1.66. The minimum absolute atomic E-state index is 0.0256. The molecule has 2 aliphatic rings. The van der Waals surface area contributed by atoms with Crippen molar-refractivity contribution in [3.8, 4) is 17.2 Å². The van der Waals surface area contributed by atoms with Gasteiger partial charge in [-0.3, -0.25) is 19.5 Å². The monoisotopic (exact) mass is 645 g/mol. The van der Waals surface area contributed by atoms with E-state index in [1.807, 2.05) is 66.1 Å².